The first kappa shape index (κ1) is 14.6. The Kier molecular flexibility index (Phi) is 7.59. The van der Waals surface area contributed by atoms with E-state index < -0.39 is 10.2 Å². The van der Waals surface area contributed by atoms with Crippen molar-refractivity contribution in [1.29, 1.82) is 0 Å². The van der Waals surface area contributed by atoms with Gasteiger partial charge in [-0.2, -0.15) is 17.4 Å². The molecular weight excluding hydrogens is 214 g/mol. The standard InChI is InChI=1S/C9H21N3O2S/c1-3-4-9-12(2)15(13,14)11-8-6-5-7-10/h5-6,11H,3-4,7-10H2,1-2H3/b6-5+. The molecule has 0 aliphatic rings. The first-order chi connectivity index (χ1) is 7.04. The molecule has 0 aromatic heterocycles. The molecule has 0 spiro atoms. The minimum atomic E-state index is -3.32. The summed E-state index contributed by atoms with van der Waals surface area (Å²) in [5.74, 6) is 0. The van der Waals surface area contributed by atoms with Gasteiger partial charge in [-0.15, -0.1) is 0 Å². The second-order valence-corrected chi connectivity index (χ2v) is 5.10. The zero-order valence-electron chi connectivity index (χ0n) is 9.44. The van der Waals surface area contributed by atoms with Gasteiger partial charge in [0.15, 0.2) is 0 Å². The van der Waals surface area contributed by atoms with Gasteiger partial charge in [-0.1, -0.05) is 25.5 Å². The van der Waals surface area contributed by atoms with E-state index in [1.165, 1.54) is 4.31 Å². The molecule has 3 N–H and O–H groups in total. The van der Waals surface area contributed by atoms with E-state index >= 15 is 0 Å². The third-order valence-corrected chi connectivity index (χ3v) is 3.46. The summed E-state index contributed by atoms with van der Waals surface area (Å²) in [6.45, 7) is 3.29. The molecule has 0 aliphatic carbocycles. The number of rotatable bonds is 8. The Hall–Kier alpha value is -0.430. The second kappa shape index (κ2) is 7.81. The summed E-state index contributed by atoms with van der Waals surface area (Å²) in [4.78, 5) is 0. The van der Waals surface area contributed by atoms with Gasteiger partial charge in [0, 0.05) is 26.7 Å². The van der Waals surface area contributed by atoms with E-state index in [0.29, 0.717) is 13.1 Å². The Balaban J connectivity index is 4.00. The van der Waals surface area contributed by atoms with Crippen molar-refractivity contribution in [3.05, 3.63) is 12.2 Å². The van der Waals surface area contributed by atoms with Crippen molar-refractivity contribution in [3.8, 4) is 0 Å². The van der Waals surface area contributed by atoms with Gasteiger partial charge in [0.2, 0.25) is 0 Å². The Labute approximate surface area is 92.5 Å². The fraction of sp³-hybridized carbons (Fsp3) is 0.778. The van der Waals surface area contributed by atoms with E-state index in [2.05, 4.69) is 4.72 Å². The van der Waals surface area contributed by atoms with Crippen molar-refractivity contribution < 1.29 is 8.42 Å². The zero-order valence-corrected chi connectivity index (χ0v) is 10.3. The van der Waals surface area contributed by atoms with Gasteiger partial charge < -0.3 is 5.73 Å². The van der Waals surface area contributed by atoms with Crippen LogP contribution in [0.15, 0.2) is 12.2 Å². The molecule has 0 saturated heterocycles. The van der Waals surface area contributed by atoms with Crippen LogP contribution in [0.25, 0.3) is 0 Å². The van der Waals surface area contributed by atoms with Crippen LogP contribution >= 0.6 is 0 Å². The molecule has 90 valence electrons. The lowest BCUT2D eigenvalue weighted by atomic mass is 10.3. The molecular formula is C9H21N3O2S. The number of hydrogen-bond acceptors (Lipinski definition) is 3. The van der Waals surface area contributed by atoms with Crippen LogP contribution in [-0.4, -0.2) is 39.4 Å². The molecule has 6 heteroatoms. The molecule has 0 amide bonds. The number of nitrogens with two attached hydrogens (primary N) is 1. The molecule has 0 fully saturated rings. The van der Waals surface area contributed by atoms with E-state index in [1.807, 2.05) is 6.92 Å². The van der Waals surface area contributed by atoms with Gasteiger partial charge in [-0.3, -0.25) is 0 Å². The number of hydrogen-bond donors (Lipinski definition) is 2. The van der Waals surface area contributed by atoms with Crippen LogP contribution in [0.3, 0.4) is 0 Å². The molecule has 0 heterocycles. The predicted octanol–water partition coefficient (Wildman–Crippen LogP) is 0.0676. The summed E-state index contributed by atoms with van der Waals surface area (Å²) in [6.07, 6.45) is 5.27. The molecule has 0 unspecified atom stereocenters. The lowest BCUT2D eigenvalue weighted by Gasteiger charge is -2.16. The Morgan fingerprint density at radius 3 is 2.60 bits per heavy atom. The normalized spacial score (nSPS) is 12.8. The van der Waals surface area contributed by atoms with Crippen LogP contribution in [0.2, 0.25) is 0 Å². The van der Waals surface area contributed by atoms with Gasteiger partial charge in [-0.05, 0) is 6.42 Å². The van der Waals surface area contributed by atoms with Crippen molar-refractivity contribution in [1.82, 2.24) is 9.03 Å². The summed E-state index contributed by atoms with van der Waals surface area (Å²) in [5.41, 5.74) is 5.23. The highest BCUT2D eigenvalue weighted by Crippen LogP contribution is 1.97. The van der Waals surface area contributed by atoms with E-state index in [-0.39, 0.29) is 6.54 Å². The van der Waals surface area contributed by atoms with Crippen molar-refractivity contribution in [2.75, 3.05) is 26.7 Å². The largest absolute Gasteiger partial charge is 0.327 e. The lowest BCUT2D eigenvalue weighted by molar-refractivity contribution is 0.451. The SMILES string of the molecule is CCCCN(C)S(=O)(=O)NC/C=C/CN. The summed E-state index contributed by atoms with van der Waals surface area (Å²) in [6, 6.07) is 0. The summed E-state index contributed by atoms with van der Waals surface area (Å²) in [7, 11) is -1.75. The molecule has 0 radical (unpaired) electrons. The molecule has 0 saturated carbocycles. The summed E-state index contributed by atoms with van der Waals surface area (Å²) >= 11 is 0. The minimum Gasteiger partial charge on any atom is -0.327 e. The van der Waals surface area contributed by atoms with Gasteiger partial charge in [0.25, 0.3) is 10.2 Å². The Bertz CT molecular complexity index is 275. The Morgan fingerprint density at radius 1 is 1.40 bits per heavy atom. The fourth-order valence-corrected chi connectivity index (χ4v) is 1.84. The first-order valence-electron chi connectivity index (χ1n) is 5.10. The van der Waals surface area contributed by atoms with Crippen molar-refractivity contribution in [2.24, 2.45) is 5.73 Å². The van der Waals surface area contributed by atoms with Gasteiger partial charge in [-0.25, -0.2) is 0 Å². The maximum absolute atomic E-state index is 11.5. The third kappa shape index (κ3) is 6.62. The van der Waals surface area contributed by atoms with Crippen LogP contribution in [-0.2, 0) is 10.2 Å². The van der Waals surface area contributed by atoms with Gasteiger partial charge in [0.05, 0.1) is 0 Å². The quantitative estimate of drug-likeness (QED) is 0.584. The summed E-state index contributed by atoms with van der Waals surface area (Å²) in [5, 5.41) is 0. The first-order valence-corrected chi connectivity index (χ1v) is 6.54. The number of nitrogens with one attached hydrogen (secondary N) is 1. The van der Waals surface area contributed by atoms with Crippen LogP contribution in [0, 0.1) is 0 Å². The maximum atomic E-state index is 11.5. The molecule has 0 atom stereocenters. The van der Waals surface area contributed by atoms with Crippen molar-refractivity contribution in [2.45, 2.75) is 19.8 Å². The van der Waals surface area contributed by atoms with E-state index in [4.69, 9.17) is 5.73 Å². The minimum absolute atomic E-state index is 0.288. The topological polar surface area (TPSA) is 75.4 Å². The molecule has 15 heavy (non-hydrogen) atoms. The van der Waals surface area contributed by atoms with E-state index in [9.17, 15) is 8.42 Å². The monoisotopic (exact) mass is 235 g/mol. The van der Waals surface area contributed by atoms with Crippen LogP contribution in [0.4, 0.5) is 0 Å². The highest BCUT2D eigenvalue weighted by atomic mass is 32.2. The molecule has 0 aromatic rings. The van der Waals surface area contributed by atoms with Crippen molar-refractivity contribution in [3.63, 3.8) is 0 Å². The van der Waals surface area contributed by atoms with Crippen LogP contribution < -0.4 is 10.5 Å². The molecule has 5 nitrogen and oxygen atoms in total. The number of nitrogens with zero attached hydrogens (tertiary/aromatic N) is 1. The van der Waals surface area contributed by atoms with Gasteiger partial charge in [0.1, 0.15) is 0 Å². The molecule has 0 bridgehead atoms. The molecule has 0 aliphatic heterocycles. The fourth-order valence-electron chi connectivity index (χ4n) is 0.944. The smallest absolute Gasteiger partial charge is 0.279 e. The summed E-state index contributed by atoms with van der Waals surface area (Å²) < 4.78 is 26.9. The average Bonchev–Trinajstić information content (AvgIpc) is 2.21. The van der Waals surface area contributed by atoms with E-state index in [1.54, 1.807) is 19.2 Å². The second-order valence-electron chi connectivity index (χ2n) is 3.24. The van der Waals surface area contributed by atoms with Crippen LogP contribution in [0.5, 0.6) is 0 Å². The average molecular weight is 235 g/mol. The predicted molar refractivity (Wildman–Crippen MR) is 62.7 cm³/mol. The zero-order chi connectivity index (χ0) is 11.7. The number of unbranched alkanes of at least 4 members (excludes halogenated alkanes) is 1. The maximum Gasteiger partial charge on any atom is 0.279 e. The third-order valence-electron chi connectivity index (χ3n) is 1.92. The Morgan fingerprint density at radius 2 is 2.07 bits per heavy atom. The van der Waals surface area contributed by atoms with Crippen molar-refractivity contribution >= 4 is 10.2 Å². The molecule has 0 aromatic carbocycles. The highest BCUT2D eigenvalue weighted by Gasteiger charge is 2.14. The molecule has 0 rings (SSSR count). The lowest BCUT2D eigenvalue weighted by Crippen LogP contribution is -2.38. The van der Waals surface area contributed by atoms with E-state index in [0.717, 1.165) is 12.8 Å². The van der Waals surface area contributed by atoms with Crippen LogP contribution in [0.1, 0.15) is 19.8 Å². The highest BCUT2D eigenvalue weighted by molar-refractivity contribution is 7.87. The van der Waals surface area contributed by atoms with Gasteiger partial charge >= 0.3 is 0 Å².